The van der Waals surface area contributed by atoms with E-state index in [0.29, 0.717) is 23.3 Å². The van der Waals surface area contributed by atoms with Crippen molar-refractivity contribution in [3.05, 3.63) is 29.8 Å². The molecule has 0 aliphatic heterocycles. The van der Waals surface area contributed by atoms with Gasteiger partial charge in [0.1, 0.15) is 4.99 Å². The van der Waals surface area contributed by atoms with Gasteiger partial charge in [0.15, 0.2) is 0 Å². The Morgan fingerprint density at radius 3 is 2.86 bits per heavy atom. The maximum Gasteiger partial charge on any atom is 0.241 e. The van der Waals surface area contributed by atoms with Crippen molar-refractivity contribution in [2.45, 2.75) is 31.8 Å². The van der Waals surface area contributed by atoms with Gasteiger partial charge in [-0.2, -0.15) is 0 Å². The molecule has 0 spiro atoms. The van der Waals surface area contributed by atoms with E-state index in [9.17, 15) is 4.79 Å². The van der Waals surface area contributed by atoms with Crippen molar-refractivity contribution in [2.24, 2.45) is 5.73 Å². The number of nitrogens with one attached hydrogen (secondary N) is 1. The Balaban J connectivity index is 2.02. The zero-order valence-electron chi connectivity index (χ0n) is 12.1. The third kappa shape index (κ3) is 4.23. The second-order valence-corrected chi connectivity index (χ2v) is 5.74. The minimum absolute atomic E-state index is 0.0606. The quantitative estimate of drug-likeness (QED) is 0.658. The monoisotopic (exact) mass is 307 g/mol. The lowest BCUT2D eigenvalue weighted by Crippen LogP contribution is -2.44. The molecule has 0 aromatic heterocycles. The van der Waals surface area contributed by atoms with Crippen LogP contribution in [0.2, 0.25) is 0 Å². The average Bonchev–Trinajstić information content (AvgIpc) is 3.28. The van der Waals surface area contributed by atoms with Gasteiger partial charge in [-0.05, 0) is 31.9 Å². The summed E-state index contributed by atoms with van der Waals surface area (Å²) in [6, 6.07) is 7.32. The summed E-state index contributed by atoms with van der Waals surface area (Å²) in [5.41, 5.74) is 7.00. The zero-order valence-corrected chi connectivity index (χ0v) is 12.9. The van der Waals surface area contributed by atoms with Crippen molar-refractivity contribution in [3.8, 4) is 0 Å². The van der Waals surface area contributed by atoms with E-state index in [4.69, 9.17) is 23.1 Å². The lowest BCUT2D eigenvalue weighted by molar-refractivity contribution is -0.121. The van der Waals surface area contributed by atoms with Gasteiger partial charge < -0.3 is 16.2 Å². The average molecular weight is 307 g/mol. The molecule has 1 aromatic carbocycles. The number of hydrogen-bond acceptors (Lipinski definition) is 4. The van der Waals surface area contributed by atoms with Gasteiger partial charge in [0.25, 0.3) is 0 Å². The van der Waals surface area contributed by atoms with E-state index >= 15 is 0 Å². The molecule has 0 bridgehead atoms. The van der Waals surface area contributed by atoms with E-state index in [2.05, 4.69) is 5.32 Å². The minimum Gasteiger partial charge on any atom is -0.395 e. The molecule has 1 atom stereocenters. The predicted octanol–water partition coefficient (Wildman–Crippen LogP) is 1.10. The highest BCUT2D eigenvalue weighted by Gasteiger charge is 2.34. The van der Waals surface area contributed by atoms with Crippen LogP contribution in [-0.2, 0) is 4.79 Å². The fourth-order valence-electron chi connectivity index (χ4n) is 2.36. The van der Waals surface area contributed by atoms with E-state index in [-0.39, 0.29) is 18.6 Å². The summed E-state index contributed by atoms with van der Waals surface area (Å²) in [4.78, 5) is 14.7. The number of nitrogens with zero attached hydrogens (tertiary/aromatic N) is 1. The van der Waals surface area contributed by atoms with Gasteiger partial charge in [-0.3, -0.25) is 9.69 Å². The fraction of sp³-hybridized carbons (Fsp3) is 0.467. The number of benzene rings is 1. The Morgan fingerprint density at radius 2 is 2.29 bits per heavy atom. The molecule has 1 aliphatic carbocycles. The highest BCUT2D eigenvalue weighted by atomic mass is 32.1. The number of rotatable bonds is 7. The van der Waals surface area contributed by atoms with Crippen LogP contribution in [0.5, 0.6) is 0 Å². The summed E-state index contributed by atoms with van der Waals surface area (Å²) in [5.74, 6) is -0.0876. The van der Waals surface area contributed by atoms with Gasteiger partial charge in [-0.15, -0.1) is 0 Å². The highest BCUT2D eigenvalue weighted by molar-refractivity contribution is 7.80. The number of anilines is 1. The lowest BCUT2D eigenvalue weighted by atomic mass is 10.2. The maximum atomic E-state index is 12.3. The van der Waals surface area contributed by atoms with Crippen molar-refractivity contribution in [3.63, 3.8) is 0 Å². The second-order valence-electron chi connectivity index (χ2n) is 5.30. The van der Waals surface area contributed by atoms with Gasteiger partial charge in [0.05, 0.1) is 12.6 Å². The minimum atomic E-state index is -0.280. The molecule has 1 aromatic rings. The van der Waals surface area contributed by atoms with Crippen LogP contribution in [0.25, 0.3) is 0 Å². The van der Waals surface area contributed by atoms with Crippen LogP contribution < -0.4 is 11.1 Å². The Bertz CT molecular complexity index is 531. The number of aliphatic hydroxyl groups excluding tert-OH is 1. The Hall–Kier alpha value is -1.50. The Kier molecular flexibility index (Phi) is 5.27. The van der Waals surface area contributed by atoms with Gasteiger partial charge >= 0.3 is 0 Å². The number of carbonyl (C=O) groups excluding carboxylic acids is 1. The Morgan fingerprint density at radius 1 is 1.57 bits per heavy atom. The second kappa shape index (κ2) is 6.98. The summed E-state index contributed by atoms with van der Waals surface area (Å²) < 4.78 is 0. The van der Waals surface area contributed by atoms with E-state index < -0.39 is 0 Å². The van der Waals surface area contributed by atoms with Crippen LogP contribution in [0.3, 0.4) is 0 Å². The molecule has 2 rings (SSSR count). The van der Waals surface area contributed by atoms with Gasteiger partial charge in [0.2, 0.25) is 5.91 Å². The van der Waals surface area contributed by atoms with E-state index in [1.54, 1.807) is 18.2 Å². The summed E-state index contributed by atoms with van der Waals surface area (Å²) in [6.07, 6.45) is 2.18. The molecule has 1 aliphatic rings. The number of hydrogen-bond donors (Lipinski definition) is 3. The first-order valence-corrected chi connectivity index (χ1v) is 7.51. The number of carbonyl (C=O) groups is 1. The Labute approximate surface area is 130 Å². The fourth-order valence-corrected chi connectivity index (χ4v) is 2.49. The van der Waals surface area contributed by atoms with Crippen molar-refractivity contribution in [1.29, 1.82) is 0 Å². The van der Waals surface area contributed by atoms with Crippen LogP contribution in [0.1, 0.15) is 25.3 Å². The molecule has 0 saturated heterocycles. The van der Waals surface area contributed by atoms with Crippen LogP contribution in [0, 0.1) is 0 Å². The number of thiocarbonyl (C=S) groups is 1. The highest BCUT2D eigenvalue weighted by Crippen LogP contribution is 2.28. The normalized spacial score (nSPS) is 15.8. The van der Waals surface area contributed by atoms with Crippen LogP contribution in [-0.4, -0.2) is 46.1 Å². The number of nitrogens with two attached hydrogens (primary N) is 1. The predicted molar refractivity (Wildman–Crippen MR) is 87.2 cm³/mol. The van der Waals surface area contributed by atoms with Gasteiger partial charge in [-0.25, -0.2) is 0 Å². The van der Waals surface area contributed by atoms with Crippen LogP contribution >= 0.6 is 12.2 Å². The molecule has 6 heteroatoms. The van der Waals surface area contributed by atoms with E-state index in [1.807, 2.05) is 17.9 Å². The SMILES string of the molecule is CC(C(=O)Nc1cccc(C(N)=S)c1)N(CCO)C1CC1. The summed E-state index contributed by atoms with van der Waals surface area (Å²) in [5, 5.41) is 12.0. The summed E-state index contributed by atoms with van der Waals surface area (Å²) >= 11 is 4.93. The first-order valence-electron chi connectivity index (χ1n) is 7.10. The van der Waals surface area contributed by atoms with E-state index in [0.717, 1.165) is 18.4 Å². The maximum absolute atomic E-state index is 12.3. The number of aliphatic hydroxyl groups is 1. The molecule has 4 N–H and O–H groups in total. The van der Waals surface area contributed by atoms with Crippen molar-refractivity contribution in [1.82, 2.24) is 4.90 Å². The zero-order chi connectivity index (χ0) is 15.4. The molecular weight excluding hydrogens is 286 g/mol. The first kappa shape index (κ1) is 15.9. The third-order valence-corrected chi connectivity index (χ3v) is 3.90. The molecular formula is C15H21N3O2S. The van der Waals surface area contributed by atoms with Crippen molar-refractivity contribution in [2.75, 3.05) is 18.5 Å². The van der Waals surface area contributed by atoms with Gasteiger partial charge in [0, 0.05) is 23.8 Å². The summed E-state index contributed by atoms with van der Waals surface area (Å²) in [6.45, 7) is 2.44. The van der Waals surface area contributed by atoms with E-state index in [1.165, 1.54) is 0 Å². The van der Waals surface area contributed by atoms with Crippen molar-refractivity contribution < 1.29 is 9.90 Å². The molecule has 114 valence electrons. The third-order valence-electron chi connectivity index (χ3n) is 3.67. The molecule has 1 fully saturated rings. The van der Waals surface area contributed by atoms with Crippen LogP contribution in [0.15, 0.2) is 24.3 Å². The molecule has 21 heavy (non-hydrogen) atoms. The largest absolute Gasteiger partial charge is 0.395 e. The smallest absolute Gasteiger partial charge is 0.241 e. The summed E-state index contributed by atoms with van der Waals surface area (Å²) in [7, 11) is 0. The molecule has 0 radical (unpaired) electrons. The molecule has 1 amide bonds. The molecule has 1 saturated carbocycles. The van der Waals surface area contributed by atoms with Crippen molar-refractivity contribution >= 4 is 28.8 Å². The standard InChI is InChI=1S/C15H21N3O2S/c1-10(18(7-8-19)13-5-6-13)15(20)17-12-4-2-3-11(9-12)14(16)21/h2-4,9-10,13,19H,5-8H2,1H3,(H2,16,21)(H,17,20). The number of amides is 1. The first-order chi connectivity index (χ1) is 10.0. The molecule has 1 unspecified atom stereocenters. The topological polar surface area (TPSA) is 78.6 Å². The van der Waals surface area contributed by atoms with Gasteiger partial charge in [-0.1, -0.05) is 24.4 Å². The van der Waals surface area contributed by atoms with Crippen LogP contribution in [0.4, 0.5) is 5.69 Å². The molecule has 0 heterocycles. The molecule has 5 nitrogen and oxygen atoms in total. The lowest BCUT2D eigenvalue weighted by Gasteiger charge is -2.27.